The van der Waals surface area contributed by atoms with Crippen molar-refractivity contribution in [3.05, 3.63) is 24.3 Å². The molecule has 1 aliphatic rings. The Balaban J connectivity index is 2.35. The zero-order valence-electron chi connectivity index (χ0n) is 34.2. The predicted molar refractivity (Wildman–Crippen MR) is 215 cm³/mol. The summed E-state index contributed by atoms with van der Waals surface area (Å²) in [5.41, 5.74) is 0. The molecule has 6 atom stereocenters. The molecular formula is C44H80O10. The minimum absolute atomic E-state index is 0.220. The molecule has 0 bridgehead atoms. The molecule has 1 aliphatic heterocycles. The largest absolute Gasteiger partial charge is 0.462 e. The highest BCUT2D eigenvalue weighted by atomic mass is 16.7. The van der Waals surface area contributed by atoms with Crippen LogP contribution in [0.15, 0.2) is 24.3 Å². The van der Waals surface area contributed by atoms with Crippen molar-refractivity contribution in [3.63, 3.8) is 0 Å². The van der Waals surface area contributed by atoms with Crippen molar-refractivity contribution in [1.82, 2.24) is 0 Å². The van der Waals surface area contributed by atoms with Gasteiger partial charge in [0.15, 0.2) is 12.4 Å². The molecule has 54 heavy (non-hydrogen) atoms. The third-order valence-corrected chi connectivity index (χ3v) is 10.1. The smallest absolute Gasteiger partial charge is 0.306 e. The highest BCUT2D eigenvalue weighted by molar-refractivity contribution is 5.70. The van der Waals surface area contributed by atoms with Gasteiger partial charge in [-0.25, -0.2) is 0 Å². The van der Waals surface area contributed by atoms with Gasteiger partial charge in [-0.2, -0.15) is 0 Å². The number of carbonyl (C=O) groups excluding carboxylic acids is 2. The van der Waals surface area contributed by atoms with Gasteiger partial charge in [-0.3, -0.25) is 9.59 Å². The number of rotatable bonds is 36. The highest BCUT2D eigenvalue weighted by Gasteiger charge is 2.44. The summed E-state index contributed by atoms with van der Waals surface area (Å²) < 4.78 is 22.1. The van der Waals surface area contributed by atoms with E-state index >= 15 is 0 Å². The van der Waals surface area contributed by atoms with E-state index in [-0.39, 0.29) is 32.0 Å². The molecule has 1 rings (SSSR count). The Kier molecular flexibility index (Phi) is 33.1. The molecule has 1 saturated heterocycles. The average Bonchev–Trinajstić information content (AvgIpc) is 3.17. The summed E-state index contributed by atoms with van der Waals surface area (Å²) in [6, 6.07) is 0. The number of unbranched alkanes of at least 4 members (excludes halogenated alkanes) is 21. The SMILES string of the molecule is CCCCCCC/C=C/CCCCCCCC(=O)O[C@@H](COC(=O)CCCCCCC/C=C/CCCCCCCC)CO[C@H]1O[C@@H](CO)[C@@H](O)C(O)C1O. The molecule has 0 aromatic carbocycles. The maximum Gasteiger partial charge on any atom is 0.306 e. The molecule has 0 radical (unpaired) electrons. The molecule has 0 spiro atoms. The van der Waals surface area contributed by atoms with E-state index in [1.807, 2.05) is 0 Å². The first kappa shape index (κ1) is 50.2. The molecule has 316 valence electrons. The van der Waals surface area contributed by atoms with Gasteiger partial charge in [-0.15, -0.1) is 0 Å². The quantitative estimate of drug-likeness (QED) is 0.0276. The lowest BCUT2D eigenvalue weighted by Crippen LogP contribution is -2.59. The van der Waals surface area contributed by atoms with Crippen molar-refractivity contribution in [1.29, 1.82) is 0 Å². The van der Waals surface area contributed by atoms with Gasteiger partial charge >= 0.3 is 11.9 Å². The fourth-order valence-electron chi connectivity index (χ4n) is 6.53. The van der Waals surface area contributed by atoms with E-state index in [9.17, 15) is 30.0 Å². The van der Waals surface area contributed by atoms with Crippen LogP contribution in [-0.4, -0.2) is 89.0 Å². The molecule has 2 unspecified atom stereocenters. The Bertz CT molecular complexity index is 938. The maximum absolute atomic E-state index is 12.7. The highest BCUT2D eigenvalue weighted by Crippen LogP contribution is 2.22. The van der Waals surface area contributed by atoms with Gasteiger partial charge < -0.3 is 39.4 Å². The van der Waals surface area contributed by atoms with E-state index in [1.54, 1.807) is 0 Å². The van der Waals surface area contributed by atoms with Gasteiger partial charge in [0.25, 0.3) is 0 Å². The lowest BCUT2D eigenvalue weighted by atomic mass is 9.99. The molecule has 0 aromatic heterocycles. The zero-order valence-corrected chi connectivity index (χ0v) is 34.2. The topological polar surface area (TPSA) is 152 Å². The van der Waals surface area contributed by atoms with E-state index < -0.39 is 49.4 Å². The summed E-state index contributed by atoms with van der Waals surface area (Å²) in [4.78, 5) is 25.3. The molecule has 10 nitrogen and oxygen atoms in total. The number of hydrogen-bond acceptors (Lipinski definition) is 10. The molecular weight excluding hydrogens is 688 g/mol. The number of hydrogen-bond donors (Lipinski definition) is 4. The summed E-state index contributed by atoms with van der Waals surface area (Å²) in [6.45, 7) is 3.39. The molecule has 0 saturated carbocycles. The standard InChI is InChI=1S/C44H80O10/c1-3-5-7-9-11-13-15-17-19-21-22-24-26-28-30-32-39(46)51-35-37(36-52-44-43(50)42(49)41(48)38(34-45)54-44)53-40(47)33-31-29-27-25-23-20-18-16-14-12-10-8-6-4-2/h16-19,37-38,41-45,48-50H,3-15,20-36H2,1-2H3/b18-16+,19-17+/t37-,38-,41+,42?,43?,44-/m0/s1. The van der Waals surface area contributed by atoms with Crippen LogP contribution < -0.4 is 0 Å². The van der Waals surface area contributed by atoms with Crippen molar-refractivity contribution >= 4 is 11.9 Å². The fraction of sp³-hybridized carbons (Fsp3) is 0.864. The maximum atomic E-state index is 12.7. The summed E-state index contributed by atoms with van der Waals surface area (Å²) >= 11 is 0. The van der Waals surface area contributed by atoms with Crippen LogP contribution in [0.2, 0.25) is 0 Å². The average molecular weight is 769 g/mol. The molecule has 0 aromatic rings. The molecule has 10 heteroatoms. The number of aliphatic hydroxyl groups excluding tert-OH is 4. The second kappa shape index (κ2) is 35.6. The van der Waals surface area contributed by atoms with Crippen LogP contribution in [0.3, 0.4) is 0 Å². The number of aliphatic hydroxyl groups is 4. The first-order valence-corrected chi connectivity index (χ1v) is 21.9. The lowest BCUT2D eigenvalue weighted by molar-refractivity contribution is -0.305. The Morgan fingerprint density at radius 2 is 0.981 bits per heavy atom. The summed E-state index contributed by atoms with van der Waals surface area (Å²) in [5.74, 6) is -0.823. The predicted octanol–water partition coefficient (Wildman–Crippen LogP) is 8.94. The van der Waals surface area contributed by atoms with Crippen LogP contribution >= 0.6 is 0 Å². The van der Waals surface area contributed by atoms with Gasteiger partial charge in [0.1, 0.15) is 31.0 Å². The normalized spacial score (nSPS) is 20.9. The van der Waals surface area contributed by atoms with Gasteiger partial charge in [-0.1, -0.05) is 134 Å². The Hall–Kier alpha value is -1.82. The van der Waals surface area contributed by atoms with Crippen molar-refractivity contribution in [3.8, 4) is 0 Å². The van der Waals surface area contributed by atoms with Gasteiger partial charge in [0.05, 0.1) is 13.2 Å². The van der Waals surface area contributed by atoms with E-state index in [1.165, 1.54) is 77.0 Å². The number of esters is 2. The molecule has 4 N–H and O–H groups in total. The Morgan fingerprint density at radius 1 is 0.556 bits per heavy atom. The molecule has 0 aliphatic carbocycles. The van der Waals surface area contributed by atoms with E-state index in [4.69, 9.17) is 18.9 Å². The van der Waals surface area contributed by atoms with Crippen molar-refractivity contribution in [2.75, 3.05) is 19.8 Å². The van der Waals surface area contributed by atoms with Crippen molar-refractivity contribution in [2.24, 2.45) is 0 Å². The second-order valence-electron chi connectivity index (χ2n) is 15.1. The van der Waals surface area contributed by atoms with Crippen LogP contribution in [0.4, 0.5) is 0 Å². The van der Waals surface area contributed by atoms with E-state index in [0.717, 1.165) is 70.6 Å². The summed E-state index contributed by atoms with van der Waals surface area (Å²) in [7, 11) is 0. The number of carbonyl (C=O) groups is 2. The Labute approximate surface area is 328 Å². The zero-order chi connectivity index (χ0) is 39.5. The monoisotopic (exact) mass is 769 g/mol. The first-order chi connectivity index (χ1) is 26.3. The lowest BCUT2D eigenvalue weighted by Gasteiger charge is -2.39. The molecule has 1 heterocycles. The summed E-state index contributed by atoms with van der Waals surface area (Å²) in [5, 5.41) is 40.0. The van der Waals surface area contributed by atoms with Crippen LogP contribution in [0.25, 0.3) is 0 Å². The van der Waals surface area contributed by atoms with Gasteiger partial charge in [0, 0.05) is 12.8 Å². The third-order valence-electron chi connectivity index (χ3n) is 10.1. The van der Waals surface area contributed by atoms with Crippen molar-refractivity contribution in [2.45, 2.75) is 224 Å². The third kappa shape index (κ3) is 26.9. The van der Waals surface area contributed by atoms with E-state index in [2.05, 4.69) is 38.2 Å². The minimum atomic E-state index is -1.59. The number of allylic oxidation sites excluding steroid dienone is 4. The second-order valence-corrected chi connectivity index (χ2v) is 15.1. The molecule has 0 amide bonds. The first-order valence-electron chi connectivity index (χ1n) is 21.9. The van der Waals surface area contributed by atoms with Gasteiger partial charge in [0.2, 0.25) is 0 Å². The van der Waals surface area contributed by atoms with Crippen LogP contribution in [0.5, 0.6) is 0 Å². The van der Waals surface area contributed by atoms with Crippen LogP contribution in [0, 0.1) is 0 Å². The van der Waals surface area contributed by atoms with Crippen molar-refractivity contribution < 1.29 is 49.0 Å². The Morgan fingerprint density at radius 3 is 1.44 bits per heavy atom. The van der Waals surface area contributed by atoms with Crippen LogP contribution in [-0.2, 0) is 28.5 Å². The number of ether oxygens (including phenoxy) is 4. The minimum Gasteiger partial charge on any atom is -0.462 e. The molecule has 1 fully saturated rings. The van der Waals surface area contributed by atoms with E-state index in [0.29, 0.717) is 12.8 Å². The summed E-state index contributed by atoms with van der Waals surface area (Å²) in [6.07, 6.45) is 30.4. The van der Waals surface area contributed by atoms with Gasteiger partial charge in [-0.05, 0) is 64.2 Å². The fourth-order valence-corrected chi connectivity index (χ4v) is 6.53. The van der Waals surface area contributed by atoms with Crippen LogP contribution in [0.1, 0.15) is 187 Å².